The average Bonchev–Trinajstić information content (AvgIpc) is 3.25. The molecule has 170 valence electrons. The Bertz CT molecular complexity index is 1100. The molecule has 3 rings (SSSR count). The number of benzene rings is 2. The van der Waals surface area contributed by atoms with Crippen molar-refractivity contribution in [3.8, 4) is 0 Å². The zero-order chi connectivity index (χ0) is 23.1. The third-order valence-corrected chi connectivity index (χ3v) is 6.39. The minimum Gasteiger partial charge on any atom is -0.344 e. The molecule has 1 aliphatic rings. The molecule has 0 saturated carbocycles. The van der Waals surface area contributed by atoms with Gasteiger partial charge in [0.05, 0.1) is 11.3 Å². The number of hydrogen-bond donors (Lipinski definition) is 3. The van der Waals surface area contributed by atoms with Gasteiger partial charge >= 0.3 is 0 Å². The van der Waals surface area contributed by atoms with E-state index >= 15 is 0 Å². The highest BCUT2D eigenvalue weighted by atomic mass is 32.2. The molecule has 0 aliphatic carbocycles. The summed E-state index contributed by atoms with van der Waals surface area (Å²) in [6.45, 7) is 4.28. The van der Waals surface area contributed by atoms with Gasteiger partial charge in [0.1, 0.15) is 11.9 Å². The van der Waals surface area contributed by atoms with Crippen LogP contribution in [0.5, 0.6) is 0 Å². The van der Waals surface area contributed by atoms with E-state index in [1.54, 1.807) is 12.1 Å². The maximum Gasteiger partial charge on any atom is 0.262 e. The lowest BCUT2D eigenvalue weighted by Gasteiger charge is -2.22. The second-order valence-corrected chi connectivity index (χ2v) is 9.69. The minimum atomic E-state index is -3.79. The lowest BCUT2D eigenvalue weighted by Crippen LogP contribution is -2.47. The van der Waals surface area contributed by atoms with Crippen LogP contribution in [0.1, 0.15) is 32.3 Å². The van der Waals surface area contributed by atoms with E-state index in [9.17, 15) is 18.0 Å². The monoisotopic (exact) mass is 456 g/mol. The topological polar surface area (TPSA) is 117 Å². The first-order valence-corrected chi connectivity index (χ1v) is 12.0. The van der Waals surface area contributed by atoms with E-state index in [0.29, 0.717) is 24.5 Å². The second kappa shape index (κ2) is 10.4. The van der Waals surface area contributed by atoms with Crippen molar-refractivity contribution in [3.05, 3.63) is 60.2 Å². The van der Waals surface area contributed by atoms with Crippen LogP contribution < -0.4 is 15.4 Å². The molecule has 0 unspecified atom stereocenters. The molecule has 0 fully saturated rings. The Morgan fingerprint density at radius 2 is 1.81 bits per heavy atom. The molecule has 1 aliphatic heterocycles. The molecule has 0 radical (unpaired) electrons. The van der Waals surface area contributed by atoms with E-state index in [-0.39, 0.29) is 23.1 Å². The fraction of sp³-hybridized carbons (Fsp3) is 0.348. The van der Waals surface area contributed by atoms with E-state index in [1.165, 1.54) is 12.1 Å². The first-order chi connectivity index (χ1) is 15.2. The quantitative estimate of drug-likeness (QED) is 0.566. The SMILES string of the molecule is CC(C)[C@H](NC(=O)Cc1ccccc1)C(=O)Nc1cccc(S(=O)(=O)NC2=NCCC2)c1. The molecular formula is C23H28N4O4S. The van der Waals surface area contributed by atoms with Crippen molar-refractivity contribution in [3.63, 3.8) is 0 Å². The van der Waals surface area contributed by atoms with Crippen LogP contribution in [0.3, 0.4) is 0 Å². The van der Waals surface area contributed by atoms with Gasteiger partial charge in [-0.25, -0.2) is 8.42 Å². The molecule has 3 N–H and O–H groups in total. The number of nitrogens with one attached hydrogen (secondary N) is 3. The molecule has 2 amide bonds. The number of aliphatic imine (C=N–C) groups is 1. The number of nitrogens with zero attached hydrogens (tertiary/aromatic N) is 1. The number of anilines is 1. The third kappa shape index (κ3) is 6.40. The molecular weight excluding hydrogens is 428 g/mol. The summed E-state index contributed by atoms with van der Waals surface area (Å²) in [5, 5.41) is 5.50. The molecule has 8 nitrogen and oxygen atoms in total. The van der Waals surface area contributed by atoms with Gasteiger partial charge in [-0.05, 0) is 36.1 Å². The van der Waals surface area contributed by atoms with Crippen LogP contribution in [0, 0.1) is 5.92 Å². The highest BCUT2D eigenvalue weighted by molar-refractivity contribution is 7.90. The van der Waals surface area contributed by atoms with E-state index in [0.717, 1.165) is 12.0 Å². The maximum absolute atomic E-state index is 12.9. The summed E-state index contributed by atoms with van der Waals surface area (Å²) in [6, 6.07) is 14.5. The van der Waals surface area contributed by atoms with Gasteiger partial charge in [0, 0.05) is 18.7 Å². The van der Waals surface area contributed by atoms with Crippen LogP contribution in [0.15, 0.2) is 64.5 Å². The first-order valence-electron chi connectivity index (χ1n) is 10.5. The van der Waals surface area contributed by atoms with E-state index in [1.807, 2.05) is 44.2 Å². The number of hydrogen-bond acceptors (Lipinski definition) is 5. The van der Waals surface area contributed by atoms with Crippen LogP contribution in [0.2, 0.25) is 0 Å². The zero-order valence-corrected chi connectivity index (χ0v) is 19.0. The molecule has 9 heteroatoms. The first kappa shape index (κ1) is 23.5. The normalized spacial score (nSPS) is 14.5. The van der Waals surface area contributed by atoms with Gasteiger partial charge in [-0.3, -0.25) is 19.3 Å². The number of amides is 2. The van der Waals surface area contributed by atoms with Crippen molar-refractivity contribution in [1.82, 2.24) is 10.0 Å². The number of rotatable bonds is 8. The zero-order valence-electron chi connectivity index (χ0n) is 18.2. The van der Waals surface area contributed by atoms with Gasteiger partial charge in [-0.15, -0.1) is 0 Å². The number of carbonyl (C=O) groups excluding carboxylic acids is 2. The van der Waals surface area contributed by atoms with E-state index < -0.39 is 22.0 Å². The molecule has 1 heterocycles. The largest absolute Gasteiger partial charge is 0.344 e. The van der Waals surface area contributed by atoms with Crippen molar-refractivity contribution >= 4 is 33.4 Å². The van der Waals surface area contributed by atoms with Crippen molar-refractivity contribution in [2.45, 2.75) is 44.0 Å². The predicted octanol–water partition coefficient (Wildman–Crippen LogP) is 2.48. The molecule has 0 spiro atoms. The predicted molar refractivity (Wildman–Crippen MR) is 124 cm³/mol. The van der Waals surface area contributed by atoms with Gasteiger partial charge in [0.2, 0.25) is 11.8 Å². The smallest absolute Gasteiger partial charge is 0.262 e. The summed E-state index contributed by atoms with van der Waals surface area (Å²) in [5.74, 6) is -0.392. The van der Waals surface area contributed by atoms with Crippen LogP contribution in [0.4, 0.5) is 5.69 Å². The van der Waals surface area contributed by atoms with Crippen LogP contribution in [-0.4, -0.2) is 38.7 Å². The van der Waals surface area contributed by atoms with E-state index in [4.69, 9.17) is 0 Å². The Morgan fingerprint density at radius 3 is 2.47 bits per heavy atom. The second-order valence-electron chi connectivity index (χ2n) is 8.01. The van der Waals surface area contributed by atoms with Crippen molar-refractivity contribution in [2.24, 2.45) is 10.9 Å². The minimum absolute atomic E-state index is 0.0270. The molecule has 0 saturated heterocycles. The summed E-state index contributed by atoms with van der Waals surface area (Å²) < 4.78 is 27.7. The van der Waals surface area contributed by atoms with Crippen molar-refractivity contribution in [1.29, 1.82) is 0 Å². The molecule has 2 aromatic carbocycles. The van der Waals surface area contributed by atoms with Gasteiger partial charge in [-0.1, -0.05) is 50.2 Å². The third-order valence-electron chi connectivity index (χ3n) is 5.01. The summed E-state index contributed by atoms with van der Waals surface area (Å²) in [7, 11) is -3.79. The van der Waals surface area contributed by atoms with Gasteiger partial charge in [0.15, 0.2) is 0 Å². The van der Waals surface area contributed by atoms with Crippen molar-refractivity contribution < 1.29 is 18.0 Å². The Hall–Kier alpha value is -3.20. The Labute approximate surface area is 188 Å². The molecule has 32 heavy (non-hydrogen) atoms. The molecule has 2 aromatic rings. The lowest BCUT2D eigenvalue weighted by molar-refractivity contribution is -0.127. The summed E-state index contributed by atoms with van der Waals surface area (Å²) in [4.78, 5) is 29.5. The Morgan fingerprint density at radius 1 is 1.06 bits per heavy atom. The van der Waals surface area contributed by atoms with Gasteiger partial charge < -0.3 is 10.6 Å². The van der Waals surface area contributed by atoms with Gasteiger partial charge in [-0.2, -0.15) is 0 Å². The fourth-order valence-electron chi connectivity index (χ4n) is 3.34. The lowest BCUT2D eigenvalue weighted by atomic mass is 10.0. The Kier molecular flexibility index (Phi) is 7.63. The summed E-state index contributed by atoms with van der Waals surface area (Å²) in [6.07, 6.45) is 1.58. The van der Waals surface area contributed by atoms with Crippen LogP contribution in [0.25, 0.3) is 0 Å². The standard InChI is InChI=1S/C23H28N4O4S/c1-16(2)22(26-21(28)14-17-8-4-3-5-9-17)23(29)25-18-10-6-11-19(15-18)32(30,31)27-20-12-7-13-24-20/h3-6,8-11,15-16,22H,7,12-14H2,1-2H3,(H,24,27)(H,25,29)(H,26,28)/t22-/m0/s1. The molecule has 1 atom stereocenters. The Balaban J connectivity index is 1.67. The highest BCUT2D eigenvalue weighted by Gasteiger charge is 2.25. The number of amidine groups is 1. The molecule has 0 aromatic heterocycles. The van der Waals surface area contributed by atoms with E-state index in [2.05, 4.69) is 20.3 Å². The summed E-state index contributed by atoms with van der Waals surface area (Å²) in [5.41, 5.74) is 1.18. The maximum atomic E-state index is 12.9. The fourth-order valence-corrected chi connectivity index (χ4v) is 4.47. The molecule has 0 bridgehead atoms. The van der Waals surface area contributed by atoms with Crippen LogP contribution in [-0.2, 0) is 26.0 Å². The summed E-state index contributed by atoms with van der Waals surface area (Å²) >= 11 is 0. The van der Waals surface area contributed by atoms with Crippen LogP contribution >= 0.6 is 0 Å². The number of sulfonamides is 1. The van der Waals surface area contributed by atoms with Gasteiger partial charge in [0.25, 0.3) is 10.0 Å². The average molecular weight is 457 g/mol. The van der Waals surface area contributed by atoms with Crippen molar-refractivity contribution in [2.75, 3.05) is 11.9 Å². The highest BCUT2D eigenvalue weighted by Crippen LogP contribution is 2.17. The number of carbonyl (C=O) groups is 2.